The molecule has 0 unspecified atom stereocenters. The molecular weight excluding hydrogens is 224 g/mol. The van der Waals surface area contributed by atoms with Crippen LogP contribution in [0.15, 0.2) is 10.7 Å². The fraction of sp³-hybridized carbons (Fsp3) is 0.571. The van der Waals surface area contributed by atoms with Gasteiger partial charge in [-0.25, -0.2) is 0 Å². The van der Waals surface area contributed by atoms with Crippen LogP contribution in [0.2, 0.25) is 0 Å². The molecule has 0 aliphatic carbocycles. The zero-order chi connectivity index (χ0) is 8.72. The summed E-state index contributed by atoms with van der Waals surface area (Å²) in [5.74, 6) is 0. The predicted molar refractivity (Wildman–Crippen MR) is 45.5 cm³/mol. The first-order valence-corrected chi connectivity index (χ1v) is 4.52. The average molecular weight is 233 g/mol. The molecule has 1 aliphatic heterocycles. The maximum atomic E-state index is 9.44. The number of hydrogen-bond acceptors (Lipinski definition) is 3. The van der Waals surface area contributed by atoms with Gasteiger partial charge in [-0.05, 0) is 22.9 Å². The van der Waals surface area contributed by atoms with Crippen molar-refractivity contribution in [3.63, 3.8) is 0 Å². The van der Waals surface area contributed by atoms with Crippen molar-refractivity contribution in [3.05, 3.63) is 16.4 Å². The van der Waals surface area contributed by atoms with E-state index in [0.717, 1.165) is 4.47 Å². The smallest absolute Gasteiger partial charge is 0.199 e. The Balaban J connectivity index is 2.50. The molecule has 2 heterocycles. The Morgan fingerprint density at radius 3 is 3.25 bits per heavy atom. The zero-order valence-corrected chi connectivity index (χ0v) is 8.15. The summed E-state index contributed by atoms with van der Waals surface area (Å²) in [5, 5.41) is 13.6. The van der Waals surface area contributed by atoms with Crippen LogP contribution in [0.25, 0.3) is 0 Å². The van der Waals surface area contributed by atoms with E-state index in [1.54, 1.807) is 10.9 Å². The van der Waals surface area contributed by atoms with Crippen molar-refractivity contribution in [2.45, 2.75) is 19.3 Å². The number of aromatic nitrogens is 2. The summed E-state index contributed by atoms with van der Waals surface area (Å²) < 4.78 is 7.69. The summed E-state index contributed by atoms with van der Waals surface area (Å²) in [5.41, 5.74) is 0.703. The monoisotopic (exact) mass is 232 g/mol. The number of aliphatic hydroxyl groups is 1. The molecule has 1 N–H and O–H groups in total. The first-order valence-electron chi connectivity index (χ1n) is 3.72. The van der Waals surface area contributed by atoms with E-state index in [0.29, 0.717) is 12.3 Å². The normalized spacial score (nSPS) is 28.6. The summed E-state index contributed by atoms with van der Waals surface area (Å²) in [6, 6.07) is 0.190. The van der Waals surface area contributed by atoms with Crippen molar-refractivity contribution in [1.29, 1.82) is 0 Å². The molecule has 66 valence electrons. The molecule has 1 aromatic heterocycles. The molecule has 0 aromatic carbocycles. The molecule has 2 atom stereocenters. The van der Waals surface area contributed by atoms with Crippen LogP contribution in [0.5, 0.6) is 0 Å². The van der Waals surface area contributed by atoms with E-state index in [2.05, 4.69) is 21.0 Å². The van der Waals surface area contributed by atoms with Gasteiger partial charge in [-0.1, -0.05) is 0 Å². The quantitative estimate of drug-likeness (QED) is 0.733. The second-order valence-corrected chi connectivity index (χ2v) is 3.71. The molecule has 1 aromatic rings. The largest absolute Gasteiger partial charge is 0.363 e. The molecule has 0 saturated heterocycles. The van der Waals surface area contributed by atoms with Gasteiger partial charge in [-0.2, -0.15) is 5.10 Å². The fourth-order valence-electron chi connectivity index (χ4n) is 1.31. The molecule has 0 fully saturated rings. The fourth-order valence-corrected chi connectivity index (χ4v) is 1.78. The third-order valence-corrected chi connectivity index (χ3v) is 2.54. The van der Waals surface area contributed by atoms with Gasteiger partial charge in [0.15, 0.2) is 6.29 Å². The predicted octanol–water partition coefficient (Wildman–Crippen LogP) is 1.23. The topological polar surface area (TPSA) is 47.3 Å². The highest BCUT2D eigenvalue weighted by Crippen LogP contribution is 2.30. The van der Waals surface area contributed by atoms with E-state index in [9.17, 15) is 5.11 Å². The Labute approximate surface area is 78.3 Å². The summed E-state index contributed by atoms with van der Waals surface area (Å²) in [4.78, 5) is 0. The van der Waals surface area contributed by atoms with Gasteiger partial charge in [-0.15, -0.1) is 0 Å². The Hall–Kier alpha value is -0.390. The van der Waals surface area contributed by atoms with Crippen LogP contribution in [0.4, 0.5) is 0 Å². The molecule has 0 radical (unpaired) electrons. The maximum Gasteiger partial charge on any atom is 0.199 e. The van der Waals surface area contributed by atoms with Gasteiger partial charge >= 0.3 is 0 Å². The SMILES string of the molecule is C[C@@H]1CO[C@H](O)c2c(Br)cnn21. The maximum absolute atomic E-state index is 9.44. The number of aliphatic hydroxyl groups excluding tert-OH is 1. The Kier molecular flexibility index (Phi) is 1.94. The zero-order valence-electron chi connectivity index (χ0n) is 6.57. The molecule has 2 rings (SSSR count). The summed E-state index contributed by atoms with van der Waals surface area (Å²) >= 11 is 3.30. The van der Waals surface area contributed by atoms with E-state index in [-0.39, 0.29) is 6.04 Å². The first kappa shape index (κ1) is 8.22. The lowest BCUT2D eigenvalue weighted by Crippen LogP contribution is -2.25. The molecule has 0 bridgehead atoms. The second kappa shape index (κ2) is 2.83. The number of hydrogen-bond donors (Lipinski definition) is 1. The van der Waals surface area contributed by atoms with Crippen molar-refractivity contribution in [2.75, 3.05) is 6.61 Å². The highest BCUT2D eigenvalue weighted by atomic mass is 79.9. The molecule has 1 aliphatic rings. The summed E-state index contributed by atoms with van der Waals surface area (Å²) in [6.45, 7) is 2.50. The van der Waals surface area contributed by atoms with E-state index in [1.807, 2.05) is 6.92 Å². The van der Waals surface area contributed by atoms with Gasteiger partial charge in [0.2, 0.25) is 0 Å². The Morgan fingerprint density at radius 1 is 1.83 bits per heavy atom. The van der Waals surface area contributed by atoms with Gasteiger partial charge < -0.3 is 9.84 Å². The van der Waals surface area contributed by atoms with Crippen LogP contribution in [0.3, 0.4) is 0 Å². The van der Waals surface area contributed by atoms with Gasteiger partial charge in [0.05, 0.1) is 23.3 Å². The van der Waals surface area contributed by atoms with Crippen molar-refractivity contribution >= 4 is 15.9 Å². The van der Waals surface area contributed by atoms with Crippen LogP contribution >= 0.6 is 15.9 Å². The van der Waals surface area contributed by atoms with E-state index < -0.39 is 6.29 Å². The highest BCUT2D eigenvalue weighted by molar-refractivity contribution is 9.10. The number of halogens is 1. The lowest BCUT2D eigenvalue weighted by atomic mass is 10.3. The number of rotatable bonds is 0. The Bertz CT molecular complexity index is 300. The molecule has 5 heteroatoms. The van der Waals surface area contributed by atoms with Gasteiger partial charge in [0.25, 0.3) is 0 Å². The van der Waals surface area contributed by atoms with Crippen molar-refractivity contribution in [2.24, 2.45) is 0 Å². The third kappa shape index (κ3) is 1.09. The van der Waals surface area contributed by atoms with Crippen LogP contribution in [0.1, 0.15) is 24.9 Å². The molecule has 0 amide bonds. The van der Waals surface area contributed by atoms with Crippen LogP contribution in [0, 0.1) is 0 Å². The van der Waals surface area contributed by atoms with Crippen molar-refractivity contribution < 1.29 is 9.84 Å². The Morgan fingerprint density at radius 2 is 2.58 bits per heavy atom. The minimum Gasteiger partial charge on any atom is -0.363 e. The minimum absolute atomic E-state index is 0.190. The van der Waals surface area contributed by atoms with Crippen molar-refractivity contribution in [3.8, 4) is 0 Å². The summed E-state index contributed by atoms with van der Waals surface area (Å²) in [7, 11) is 0. The minimum atomic E-state index is -0.849. The summed E-state index contributed by atoms with van der Waals surface area (Å²) in [6.07, 6.45) is 0.821. The van der Waals surface area contributed by atoms with Gasteiger partial charge in [0.1, 0.15) is 5.69 Å². The second-order valence-electron chi connectivity index (χ2n) is 2.86. The number of nitrogens with zero attached hydrogens (tertiary/aromatic N) is 2. The number of fused-ring (bicyclic) bond motifs is 1. The number of ether oxygens (including phenoxy) is 1. The first-order chi connectivity index (χ1) is 5.70. The van der Waals surface area contributed by atoms with E-state index >= 15 is 0 Å². The highest BCUT2D eigenvalue weighted by Gasteiger charge is 2.26. The standard InChI is InChI=1S/C7H9BrN2O2/c1-4-3-12-7(11)6-5(8)2-9-10(4)6/h2,4,7,11H,3H2,1H3/t4-,7+/m1/s1. The van der Waals surface area contributed by atoms with Crippen LogP contribution < -0.4 is 0 Å². The lowest BCUT2D eigenvalue weighted by molar-refractivity contribution is -0.134. The van der Waals surface area contributed by atoms with E-state index in [1.165, 1.54) is 0 Å². The molecule has 4 nitrogen and oxygen atoms in total. The molecule has 12 heavy (non-hydrogen) atoms. The van der Waals surface area contributed by atoms with Gasteiger partial charge in [-0.3, -0.25) is 4.68 Å². The third-order valence-electron chi connectivity index (χ3n) is 1.93. The van der Waals surface area contributed by atoms with Crippen molar-refractivity contribution in [1.82, 2.24) is 9.78 Å². The van der Waals surface area contributed by atoms with Crippen LogP contribution in [-0.2, 0) is 4.74 Å². The molecule has 0 saturated carbocycles. The molecule has 0 spiro atoms. The van der Waals surface area contributed by atoms with E-state index in [4.69, 9.17) is 4.74 Å². The van der Waals surface area contributed by atoms with Gasteiger partial charge in [0, 0.05) is 0 Å². The average Bonchev–Trinajstić information content (AvgIpc) is 2.42. The lowest BCUT2D eigenvalue weighted by Gasteiger charge is -2.25. The molecular formula is C7H9BrN2O2. The van der Waals surface area contributed by atoms with Crippen LogP contribution in [-0.4, -0.2) is 21.5 Å².